The predicted octanol–water partition coefficient (Wildman–Crippen LogP) is 2.83. The zero-order valence-electron chi connectivity index (χ0n) is 21.5. The first-order valence-electron chi connectivity index (χ1n) is 13.1. The number of nitrogens with two attached hydrogens (primary N) is 1. The van der Waals surface area contributed by atoms with E-state index >= 15 is 0 Å². The largest absolute Gasteiger partial charge is 0.481 e. The smallest absolute Gasteiger partial charge is 0.212 e. The second-order valence-electron chi connectivity index (χ2n) is 10.1. The van der Waals surface area contributed by atoms with Crippen molar-refractivity contribution >= 4 is 17.1 Å². The molecule has 38 heavy (non-hydrogen) atoms. The maximum Gasteiger partial charge on any atom is 0.212 e. The zero-order valence-corrected chi connectivity index (χ0v) is 21.5. The van der Waals surface area contributed by atoms with Crippen molar-refractivity contribution in [2.24, 2.45) is 5.73 Å². The van der Waals surface area contributed by atoms with Crippen LogP contribution in [0.3, 0.4) is 0 Å². The Labute approximate surface area is 222 Å². The number of rotatable bonds is 7. The second kappa shape index (κ2) is 10.3. The Bertz CT molecular complexity index is 1350. The summed E-state index contributed by atoms with van der Waals surface area (Å²) in [6, 6.07) is 9.18. The maximum absolute atomic E-state index is 9.61. The van der Waals surface area contributed by atoms with Crippen LogP contribution in [0.2, 0.25) is 0 Å². The van der Waals surface area contributed by atoms with Crippen molar-refractivity contribution in [3.63, 3.8) is 0 Å². The van der Waals surface area contributed by atoms with E-state index in [9.17, 15) is 5.26 Å². The average Bonchev–Trinajstić information content (AvgIpc) is 3.52. The molecule has 2 bridgehead atoms. The Morgan fingerprint density at radius 3 is 2.50 bits per heavy atom. The highest BCUT2D eigenvalue weighted by molar-refractivity contribution is 5.85. The molecule has 0 radical (unpaired) electrons. The number of fused-ring (bicyclic) bond motifs is 2. The van der Waals surface area contributed by atoms with Gasteiger partial charge >= 0.3 is 0 Å². The highest BCUT2D eigenvalue weighted by Crippen LogP contribution is 2.36. The molecule has 194 valence electrons. The number of piperidine rings is 1. The van der Waals surface area contributed by atoms with Gasteiger partial charge in [0.15, 0.2) is 0 Å². The van der Waals surface area contributed by atoms with E-state index in [4.69, 9.17) is 20.4 Å². The van der Waals surface area contributed by atoms with Crippen LogP contribution in [0.4, 0.5) is 11.5 Å². The molecule has 7 heterocycles. The third-order valence-electron chi connectivity index (χ3n) is 7.84. The van der Waals surface area contributed by atoms with Gasteiger partial charge < -0.3 is 20.3 Å². The van der Waals surface area contributed by atoms with Gasteiger partial charge in [-0.15, -0.1) is 0 Å². The Morgan fingerprint density at radius 1 is 1.05 bits per heavy atom. The molecule has 10 heteroatoms. The molecule has 0 amide bonds. The number of methoxy groups -OCH3 is 1. The van der Waals surface area contributed by atoms with Gasteiger partial charge in [-0.25, -0.2) is 9.97 Å². The molecule has 4 fully saturated rings. The average molecular weight is 510 g/mol. The molecule has 0 saturated carbocycles. The zero-order chi connectivity index (χ0) is 26.1. The first-order valence-corrected chi connectivity index (χ1v) is 13.1. The monoisotopic (exact) mass is 509 g/mol. The van der Waals surface area contributed by atoms with Crippen LogP contribution in [0.15, 0.2) is 49.2 Å². The molecule has 7 rings (SSSR count). The minimum atomic E-state index is 0.321. The van der Waals surface area contributed by atoms with E-state index in [0.717, 1.165) is 49.8 Å². The van der Waals surface area contributed by atoms with Crippen LogP contribution in [0.1, 0.15) is 30.5 Å². The Hall–Kier alpha value is -4.23. The van der Waals surface area contributed by atoms with Gasteiger partial charge in [-0.2, -0.15) is 5.26 Å². The van der Waals surface area contributed by atoms with Crippen molar-refractivity contribution in [3.05, 3.63) is 60.4 Å². The summed E-state index contributed by atoms with van der Waals surface area (Å²) in [5.74, 6) is 1.51. The third kappa shape index (κ3) is 4.50. The van der Waals surface area contributed by atoms with Crippen LogP contribution < -0.4 is 20.3 Å². The van der Waals surface area contributed by atoms with E-state index < -0.39 is 0 Å². The molecule has 10 nitrogen and oxygen atoms in total. The first-order chi connectivity index (χ1) is 18.7. The van der Waals surface area contributed by atoms with E-state index in [1.165, 1.54) is 31.0 Å². The summed E-state index contributed by atoms with van der Waals surface area (Å²) in [7, 11) is 1.63. The SMILES string of the molecule is COc1ccc(CN2C3CC2CN(c2cnc(-c4cc(N5CCCC5)cnc4C(C#N)=CN)cn2)C3)cn1. The highest BCUT2D eigenvalue weighted by Gasteiger charge is 2.44. The maximum atomic E-state index is 9.61. The summed E-state index contributed by atoms with van der Waals surface area (Å²) in [4.78, 5) is 25.7. The molecular formula is C28H31N9O. The molecule has 0 spiro atoms. The van der Waals surface area contributed by atoms with Crippen molar-refractivity contribution < 1.29 is 4.74 Å². The molecule has 3 aromatic rings. The molecule has 2 atom stereocenters. The van der Waals surface area contributed by atoms with Crippen LogP contribution in [0, 0.1) is 11.3 Å². The lowest BCUT2D eigenvalue weighted by molar-refractivity contribution is -0.00879. The van der Waals surface area contributed by atoms with Crippen molar-refractivity contribution in [1.82, 2.24) is 24.8 Å². The number of aromatic nitrogens is 4. The second-order valence-corrected chi connectivity index (χ2v) is 10.1. The lowest BCUT2D eigenvalue weighted by Crippen LogP contribution is -2.68. The standard InChI is InChI=1S/C28H31N9O/c1-38-27-5-4-19(12-33-27)16-37-22-8-23(37)18-36(17-22)26-15-31-25(14-32-26)24-9-21(35-6-2-3-7-35)13-34-28(24)20(10-29)11-30/h4-5,9-10,12-15,22-23H,2-3,6-8,16-18,29H2,1H3. The van der Waals surface area contributed by atoms with E-state index in [0.29, 0.717) is 34.9 Å². The Balaban J connectivity index is 1.18. The van der Waals surface area contributed by atoms with Gasteiger partial charge in [-0.1, -0.05) is 6.07 Å². The highest BCUT2D eigenvalue weighted by atomic mass is 16.5. The molecule has 4 saturated heterocycles. The number of pyridine rings is 2. The fraction of sp³-hybridized carbons (Fsp3) is 0.393. The summed E-state index contributed by atoms with van der Waals surface area (Å²) < 4.78 is 5.17. The number of piperazine rings is 1. The van der Waals surface area contributed by atoms with Crippen molar-refractivity contribution in [3.8, 4) is 23.2 Å². The molecule has 0 aliphatic carbocycles. The fourth-order valence-electron chi connectivity index (χ4n) is 5.77. The van der Waals surface area contributed by atoms with Crippen molar-refractivity contribution in [1.29, 1.82) is 5.26 Å². The van der Waals surface area contributed by atoms with E-state index in [1.54, 1.807) is 13.3 Å². The number of anilines is 2. The van der Waals surface area contributed by atoms with Crippen molar-refractivity contribution in [2.75, 3.05) is 43.1 Å². The topological polar surface area (TPSA) is 120 Å². The van der Waals surface area contributed by atoms with Gasteiger partial charge in [0, 0.05) is 68.8 Å². The van der Waals surface area contributed by atoms with Gasteiger partial charge in [0.05, 0.1) is 48.3 Å². The van der Waals surface area contributed by atoms with Crippen LogP contribution in [0.25, 0.3) is 16.8 Å². The Morgan fingerprint density at radius 2 is 1.87 bits per heavy atom. The summed E-state index contributed by atoms with van der Waals surface area (Å²) in [5.41, 5.74) is 10.3. The lowest BCUT2D eigenvalue weighted by Gasteiger charge is -2.56. The number of ether oxygens (including phenoxy) is 1. The fourth-order valence-corrected chi connectivity index (χ4v) is 5.77. The predicted molar refractivity (Wildman–Crippen MR) is 145 cm³/mol. The van der Waals surface area contributed by atoms with Crippen molar-refractivity contribution in [2.45, 2.75) is 37.9 Å². The quantitative estimate of drug-likeness (QED) is 0.476. The first kappa shape index (κ1) is 24.1. The van der Waals surface area contributed by atoms with Gasteiger partial charge in [-0.05, 0) is 30.9 Å². The molecule has 2 unspecified atom stereocenters. The number of nitrogens with zero attached hydrogens (tertiary/aromatic N) is 8. The number of nitriles is 1. The van der Waals surface area contributed by atoms with E-state index in [1.807, 2.05) is 24.7 Å². The van der Waals surface area contributed by atoms with Crippen LogP contribution in [-0.2, 0) is 6.54 Å². The number of allylic oxidation sites excluding steroid dienone is 1. The minimum Gasteiger partial charge on any atom is -0.481 e. The van der Waals surface area contributed by atoms with Crippen LogP contribution in [0.5, 0.6) is 5.88 Å². The van der Waals surface area contributed by atoms with E-state index in [-0.39, 0.29) is 0 Å². The molecular weight excluding hydrogens is 478 g/mol. The molecule has 4 aliphatic rings. The van der Waals surface area contributed by atoms with Gasteiger partial charge in [0.2, 0.25) is 5.88 Å². The third-order valence-corrected chi connectivity index (χ3v) is 7.84. The normalized spacial score (nSPS) is 21.2. The van der Waals surface area contributed by atoms with E-state index in [2.05, 4.69) is 42.9 Å². The Kier molecular flexibility index (Phi) is 6.52. The molecule has 0 aromatic carbocycles. The number of hydrogen-bond acceptors (Lipinski definition) is 10. The van der Waals surface area contributed by atoms with Gasteiger partial charge in [0.1, 0.15) is 11.9 Å². The summed E-state index contributed by atoms with van der Waals surface area (Å²) in [6.45, 7) is 4.74. The lowest BCUT2D eigenvalue weighted by atomic mass is 9.87. The molecule has 2 N–H and O–H groups in total. The van der Waals surface area contributed by atoms with Gasteiger partial charge in [-0.3, -0.25) is 14.9 Å². The minimum absolute atomic E-state index is 0.321. The summed E-state index contributed by atoms with van der Waals surface area (Å²) in [6.07, 6.45) is 12.2. The van der Waals surface area contributed by atoms with Crippen LogP contribution in [-0.4, -0.2) is 70.2 Å². The summed E-state index contributed by atoms with van der Waals surface area (Å²) >= 11 is 0. The van der Waals surface area contributed by atoms with Crippen LogP contribution >= 0.6 is 0 Å². The number of hydrogen-bond donors (Lipinski definition) is 1. The molecule has 3 aromatic heterocycles. The molecule has 4 aliphatic heterocycles. The summed E-state index contributed by atoms with van der Waals surface area (Å²) in [5, 5.41) is 9.61. The van der Waals surface area contributed by atoms with Gasteiger partial charge in [0.25, 0.3) is 0 Å².